The van der Waals surface area contributed by atoms with Gasteiger partial charge in [0.1, 0.15) is 12.0 Å². The van der Waals surface area contributed by atoms with Gasteiger partial charge in [0.05, 0.1) is 6.04 Å². The van der Waals surface area contributed by atoms with Crippen molar-refractivity contribution in [3.05, 3.63) is 64.2 Å². The van der Waals surface area contributed by atoms with Gasteiger partial charge in [0, 0.05) is 19.1 Å². The van der Waals surface area contributed by atoms with Gasteiger partial charge in [-0.2, -0.15) is 0 Å². The second kappa shape index (κ2) is 11.5. The van der Waals surface area contributed by atoms with E-state index in [4.69, 9.17) is 9.47 Å². The minimum atomic E-state index is -0.163. The highest BCUT2D eigenvalue weighted by atomic mass is 16.7. The first-order valence-corrected chi connectivity index (χ1v) is 10.4. The van der Waals surface area contributed by atoms with E-state index in [9.17, 15) is 9.59 Å². The molecule has 0 spiro atoms. The van der Waals surface area contributed by atoms with E-state index in [0.717, 1.165) is 23.8 Å². The van der Waals surface area contributed by atoms with Gasteiger partial charge >= 0.3 is 0 Å². The summed E-state index contributed by atoms with van der Waals surface area (Å²) in [5, 5.41) is 3.22. The van der Waals surface area contributed by atoms with Gasteiger partial charge in [-0.25, -0.2) is 0 Å². The summed E-state index contributed by atoms with van der Waals surface area (Å²) in [5.74, 6) is 0.814. The number of benzene rings is 2. The summed E-state index contributed by atoms with van der Waals surface area (Å²) in [6.45, 7) is 8.54. The number of rotatable bonds is 11. The zero-order valence-corrected chi connectivity index (χ0v) is 18.7. The van der Waals surface area contributed by atoms with Crippen LogP contribution in [0.2, 0.25) is 0 Å². The first-order valence-electron chi connectivity index (χ1n) is 10.4. The number of aldehydes is 1. The third kappa shape index (κ3) is 6.99. The monoisotopic (exact) mass is 411 g/mol. The summed E-state index contributed by atoms with van der Waals surface area (Å²) < 4.78 is 10.5. The highest BCUT2D eigenvalue weighted by Gasteiger charge is 2.20. The predicted octanol–water partition coefficient (Wildman–Crippen LogP) is 4.93. The molecule has 1 atom stereocenters. The maximum absolute atomic E-state index is 13.3. The lowest BCUT2D eigenvalue weighted by Crippen LogP contribution is -2.30. The van der Waals surface area contributed by atoms with Crippen LogP contribution in [-0.4, -0.2) is 26.1 Å². The first kappa shape index (κ1) is 23.6. The fraction of sp³-hybridized carbons (Fsp3) is 0.440. The van der Waals surface area contributed by atoms with Crippen molar-refractivity contribution in [3.63, 3.8) is 0 Å². The van der Waals surface area contributed by atoms with Crippen LogP contribution in [0.5, 0.6) is 5.75 Å². The Hall–Kier alpha value is -2.66. The van der Waals surface area contributed by atoms with Crippen molar-refractivity contribution < 1.29 is 19.1 Å². The Morgan fingerprint density at radius 1 is 1.10 bits per heavy atom. The number of aryl methyl sites for hydroxylation is 3. The summed E-state index contributed by atoms with van der Waals surface area (Å²) in [5.41, 5.74) is 4.82. The topological polar surface area (TPSA) is 64.6 Å². The van der Waals surface area contributed by atoms with Crippen molar-refractivity contribution in [1.29, 1.82) is 0 Å². The van der Waals surface area contributed by atoms with Crippen molar-refractivity contribution in [2.75, 3.05) is 13.9 Å². The predicted molar refractivity (Wildman–Crippen MR) is 119 cm³/mol. The Balaban J connectivity index is 2.35. The number of ether oxygens (including phenoxy) is 2. The lowest BCUT2D eigenvalue weighted by Gasteiger charge is -2.23. The molecule has 0 aliphatic carbocycles. The molecule has 0 aliphatic rings. The number of carbonyl (C=O) groups is 2. The van der Waals surface area contributed by atoms with Gasteiger partial charge in [0.15, 0.2) is 6.79 Å². The van der Waals surface area contributed by atoms with Gasteiger partial charge in [-0.15, -0.1) is 0 Å². The van der Waals surface area contributed by atoms with Crippen LogP contribution in [0.3, 0.4) is 0 Å². The van der Waals surface area contributed by atoms with Crippen molar-refractivity contribution >= 4 is 12.2 Å². The van der Waals surface area contributed by atoms with Crippen LogP contribution in [0, 0.1) is 19.8 Å². The number of carbonyl (C=O) groups excluding carboxylic acids is 2. The van der Waals surface area contributed by atoms with E-state index in [1.54, 1.807) is 19.2 Å². The molecule has 1 amide bonds. The molecule has 0 saturated heterocycles. The summed E-state index contributed by atoms with van der Waals surface area (Å²) >= 11 is 0. The minimum absolute atomic E-state index is 0.0985. The number of nitrogens with one attached hydrogen (secondary N) is 1. The van der Waals surface area contributed by atoms with E-state index in [2.05, 4.69) is 51.2 Å². The van der Waals surface area contributed by atoms with E-state index in [-0.39, 0.29) is 18.7 Å². The van der Waals surface area contributed by atoms with E-state index in [1.165, 1.54) is 11.1 Å². The van der Waals surface area contributed by atoms with Crippen molar-refractivity contribution in [3.8, 4) is 5.75 Å². The standard InChI is InChI=1S/C25H33NO4/c1-17(2)11-24(21-13-18(3)12-19(4)14-21)26-25(28)23-15-22(30-16-29-5)9-8-20(23)7-6-10-27/h8-10,12-15,17,24H,6-7,11,16H2,1-5H3,(H,26,28). The first-order chi connectivity index (χ1) is 14.3. The van der Waals surface area contributed by atoms with Crippen molar-refractivity contribution in [1.82, 2.24) is 5.32 Å². The molecule has 162 valence electrons. The molecule has 0 heterocycles. The molecule has 0 aliphatic heterocycles. The molecule has 30 heavy (non-hydrogen) atoms. The van der Waals surface area contributed by atoms with Crippen LogP contribution >= 0.6 is 0 Å². The summed E-state index contributed by atoms with van der Waals surface area (Å²) in [4.78, 5) is 24.2. The van der Waals surface area contributed by atoms with Gasteiger partial charge in [0.25, 0.3) is 5.91 Å². The molecule has 0 fully saturated rings. The van der Waals surface area contributed by atoms with Gasteiger partial charge in [-0.3, -0.25) is 4.79 Å². The molecule has 2 aromatic carbocycles. The highest BCUT2D eigenvalue weighted by molar-refractivity contribution is 5.96. The van der Waals surface area contributed by atoms with E-state index in [0.29, 0.717) is 30.1 Å². The average molecular weight is 412 g/mol. The maximum atomic E-state index is 13.3. The molecular weight excluding hydrogens is 378 g/mol. The van der Waals surface area contributed by atoms with Crippen molar-refractivity contribution in [2.24, 2.45) is 5.92 Å². The molecule has 5 heteroatoms. The quantitative estimate of drug-likeness (QED) is 0.420. The fourth-order valence-electron chi connectivity index (χ4n) is 3.61. The molecule has 0 saturated carbocycles. The smallest absolute Gasteiger partial charge is 0.252 e. The van der Waals surface area contributed by atoms with Crippen LogP contribution in [0.25, 0.3) is 0 Å². The van der Waals surface area contributed by atoms with Crippen LogP contribution in [0.15, 0.2) is 36.4 Å². The second-order valence-corrected chi connectivity index (χ2v) is 8.15. The van der Waals surface area contributed by atoms with Gasteiger partial charge in [-0.05, 0) is 55.9 Å². The lowest BCUT2D eigenvalue weighted by atomic mass is 9.93. The molecule has 2 aromatic rings. The summed E-state index contributed by atoms with van der Waals surface area (Å²) in [6.07, 6.45) is 2.58. The van der Waals surface area contributed by atoms with Crippen LogP contribution in [-0.2, 0) is 16.0 Å². The molecule has 2 rings (SSSR count). The summed E-state index contributed by atoms with van der Waals surface area (Å²) in [6, 6.07) is 11.7. The third-order valence-corrected chi connectivity index (χ3v) is 4.86. The molecule has 0 aromatic heterocycles. The van der Waals surface area contributed by atoms with E-state index < -0.39 is 0 Å². The Morgan fingerprint density at radius 2 is 1.80 bits per heavy atom. The van der Waals surface area contributed by atoms with Gasteiger partial charge < -0.3 is 19.6 Å². The van der Waals surface area contributed by atoms with Gasteiger partial charge in [0.2, 0.25) is 0 Å². The molecule has 0 bridgehead atoms. The van der Waals surface area contributed by atoms with Crippen LogP contribution in [0.1, 0.15) is 65.3 Å². The average Bonchev–Trinajstić information content (AvgIpc) is 2.69. The molecule has 1 unspecified atom stereocenters. The fourth-order valence-corrected chi connectivity index (χ4v) is 3.61. The maximum Gasteiger partial charge on any atom is 0.252 e. The molecule has 1 N–H and O–H groups in total. The molecule has 0 radical (unpaired) electrons. The normalized spacial score (nSPS) is 11.9. The Morgan fingerprint density at radius 3 is 2.40 bits per heavy atom. The SMILES string of the molecule is COCOc1ccc(CCC=O)c(C(=O)NC(CC(C)C)c2cc(C)cc(C)c2)c1. The number of methoxy groups -OCH3 is 1. The Kier molecular flexibility index (Phi) is 9.06. The Labute approximate surface area is 179 Å². The minimum Gasteiger partial charge on any atom is -0.468 e. The van der Waals surface area contributed by atoms with Gasteiger partial charge in [-0.1, -0.05) is 49.2 Å². The zero-order chi connectivity index (χ0) is 22.1. The molecule has 5 nitrogen and oxygen atoms in total. The highest BCUT2D eigenvalue weighted by Crippen LogP contribution is 2.26. The largest absolute Gasteiger partial charge is 0.468 e. The zero-order valence-electron chi connectivity index (χ0n) is 18.7. The van der Waals surface area contributed by atoms with Crippen LogP contribution < -0.4 is 10.1 Å². The second-order valence-electron chi connectivity index (χ2n) is 8.15. The number of amides is 1. The molecular formula is C25H33NO4. The number of hydrogen-bond acceptors (Lipinski definition) is 4. The van der Waals surface area contributed by atoms with Crippen LogP contribution in [0.4, 0.5) is 0 Å². The Bertz CT molecular complexity index is 840. The third-order valence-electron chi connectivity index (χ3n) is 4.86. The summed E-state index contributed by atoms with van der Waals surface area (Å²) in [7, 11) is 1.55. The van der Waals surface area contributed by atoms with E-state index >= 15 is 0 Å². The number of hydrogen-bond donors (Lipinski definition) is 1. The van der Waals surface area contributed by atoms with E-state index in [1.807, 2.05) is 6.07 Å². The van der Waals surface area contributed by atoms with Crippen molar-refractivity contribution in [2.45, 2.75) is 53.0 Å². The lowest BCUT2D eigenvalue weighted by molar-refractivity contribution is -0.107.